The molecule has 27 heavy (non-hydrogen) atoms. The third-order valence-electron chi connectivity index (χ3n) is 5.13. The number of halogens is 1. The Morgan fingerprint density at radius 1 is 1.26 bits per heavy atom. The second kappa shape index (κ2) is 9.19. The van der Waals surface area contributed by atoms with E-state index >= 15 is 0 Å². The van der Waals surface area contributed by atoms with Crippen molar-refractivity contribution >= 4 is 34.9 Å². The summed E-state index contributed by atoms with van der Waals surface area (Å²) in [7, 11) is 0. The number of amides is 2. The lowest BCUT2D eigenvalue weighted by Gasteiger charge is -2.35. The molecule has 0 bridgehead atoms. The number of anilines is 1. The van der Waals surface area contributed by atoms with Gasteiger partial charge in [-0.05, 0) is 25.0 Å². The van der Waals surface area contributed by atoms with E-state index in [0.717, 1.165) is 12.2 Å². The van der Waals surface area contributed by atoms with Gasteiger partial charge in [0, 0.05) is 37.8 Å². The predicted molar refractivity (Wildman–Crippen MR) is 104 cm³/mol. The maximum atomic E-state index is 12.8. The van der Waals surface area contributed by atoms with E-state index in [1.807, 2.05) is 30.3 Å². The monoisotopic (exact) mass is 392 g/mol. The molecule has 1 aromatic carbocycles. The van der Waals surface area contributed by atoms with Crippen LogP contribution in [0.25, 0.3) is 0 Å². The zero-order chi connectivity index (χ0) is 19.2. The Bertz CT molecular complexity index is 685. The molecule has 3 atom stereocenters. The van der Waals surface area contributed by atoms with E-state index in [2.05, 4.69) is 20.9 Å². The number of carbonyl (C=O) groups excluding carboxylic acids is 3. The largest absolute Gasteiger partial charge is 0.368 e. The average Bonchev–Trinajstić information content (AvgIpc) is 3.12. The van der Waals surface area contributed by atoms with Crippen LogP contribution in [0.3, 0.4) is 0 Å². The summed E-state index contributed by atoms with van der Waals surface area (Å²) >= 11 is 5.72. The Labute approximate surface area is 163 Å². The molecule has 7 nitrogen and oxygen atoms in total. The van der Waals surface area contributed by atoms with Crippen LogP contribution in [0.2, 0.25) is 0 Å². The predicted octanol–water partition coefficient (Wildman–Crippen LogP) is 0.284. The van der Waals surface area contributed by atoms with Gasteiger partial charge in [0.25, 0.3) is 0 Å². The van der Waals surface area contributed by atoms with Crippen LogP contribution in [0.1, 0.15) is 12.8 Å². The van der Waals surface area contributed by atoms with Gasteiger partial charge in [0.05, 0.1) is 11.9 Å². The number of Topliss-reactive ketones (excluding diaryl/α,β-unsaturated/α-hetero) is 1. The lowest BCUT2D eigenvalue weighted by molar-refractivity contribution is -0.129. The van der Waals surface area contributed by atoms with Crippen molar-refractivity contribution in [3.05, 3.63) is 30.3 Å². The third-order valence-corrected chi connectivity index (χ3v) is 5.40. The van der Waals surface area contributed by atoms with Gasteiger partial charge in [-0.25, -0.2) is 0 Å². The van der Waals surface area contributed by atoms with Crippen LogP contribution in [-0.4, -0.2) is 61.7 Å². The Morgan fingerprint density at radius 3 is 2.70 bits per heavy atom. The topological polar surface area (TPSA) is 90.5 Å². The van der Waals surface area contributed by atoms with E-state index in [9.17, 15) is 14.4 Å². The molecule has 2 fully saturated rings. The van der Waals surface area contributed by atoms with Crippen LogP contribution in [0, 0.1) is 5.92 Å². The fourth-order valence-corrected chi connectivity index (χ4v) is 3.78. The van der Waals surface area contributed by atoms with E-state index in [0.29, 0.717) is 26.1 Å². The van der Waals surface area contributed by atoms with E-state index in [1.54, 1.807) is 0 Å². The Hall–Kier alpha value is -2.12. The maximum Gasteiger partial charge on any atom is 0.239 e. The molecule has 2 saturated heterocycles. The smallest absolute Gasteiger partial charge is 0.239 e. The lowest BCUT2D eigenvalue weighted by Crippen LogP contribution is -2.59. The summed E-state index contributed by atoms with van der Waals surface area (Å²) in [6.07, 6.45) is 0.961. The molecular weight excluding hydrogens is 368 g/mol. The van der Waals surface area contributed by atoms with Crippen LogP contribution in [0.15, 0.2) is 30.3 Å². The van der Waals surface area contributed by atoms with Crippen molar-refractivity contribution in [1.82, 2.24) is 16.0 Å². The number of rotatable bonds is 7. The normalized spacial score (nSPS) is 23.6. The summed E-state index contributed by atoms with van der Waals surface area (Å²) in [4.78, 5) is 38.9. The van der Waals surface area contributed by atoms with Gasteiger partial charge in [0.2, 0.25) is 11.8 Å². The molecule has 2 aliphatic heterocycles. The summed E-state index contributed by atoms with van der Waals surface area (Å²) in [5.74, 6) is -1.02. The van der Waals surface area contributed by atoms with Gasteiger partial charge in [0.1, 0.15) is 6.04 Å². The summed E-state index contributed by atoms with van der Waals surface area (Å²) in [5.41, 5.74) is 1.06. The lowest BCUT2D eigenvalue weighted by atomic mass is 9.96. The molecule has 0 aliphatic carbocycles. The van der Waals surface area contributed by atoms with Crippen molar-refractivity contribution in [2.75, 3.05) is 37.0 Å². The quantitative estimate of drug-likeness (QED) is 0.580. The standard InChI is InChI=1S/C19H25ClN4O3/c20-11-17(25)15(10-13-6-7-22-18(13)26)23-19(27)16-12-24(9-8-21-16)14-4-2-1-3-5-14/h1-5,13,15-16,21H,6-12H2,(H,22,26)(H,23,27)/t13-,15-,16-/m0/s1. The minimum Gasteiger partial charge on any atom is -0.368 e. The van der Waals surface area contributed by atoms with Gasteiger partial charge in [-0.1, -0.05) is 18.2 Å². The highest BCUT2D eigenvalue weighted by atomic mass is 35.5. The molecule has 2 amide bonds. The Kier molecular flexibility index (Phi) is 6.68. The van der Waals surface area contributed by atoms with E-state index in [1.165, 1.54) is 0 Å². The van der Waals surface area contributed by atoms with Crippen molar-refractivity contribution < 1.29 is 14.4 Å². The van der Waals surface area contributed by atoms with E-state index in [-0.39, 0.29) is 35.8 Å². The Morgan fingerprint density at radius 2 is 2.04 bits per heavy atom. The number of carbonyl (C=O) groups is 3. The molecule has 146 valence electrons. The molecule has 2 heterocycles. The first-order valence-corrected chi connectivity index (χ1v) is 9.82. The van der Waals surface area contributed by atoms with E-state index in [4.69, 9.17) is 11.6 Å². The molecule has 0 unspecified atom stereocenters. The van der Waals surface area contributed by atoms with Crippen molar-refractivity contribution in [2.45, 2.75) is 24.9 Å². The molecule has 0 aromatic heterocycles. The molecular formula is C19H25ClN4O3. The van der Waals surface area contributed by atoms with Gasteiger partial charge < -0.3 is 20.9 Å². The number of alkyl halides is 1. The fourth-order valence-electron chi connectivity index (χ4n) is 3.59. The number of ketones is 1. The minimum atomic E-state index is -0.738. The number of para-hydroxylation sites is 1. The molecule has 0 spiro atoms. The Balaban J connectivity index is 1.62. The zero-order valence-electron chi connectivity index (χ0n) is 15.1. The summed E-state index contributed by atoms with van der Waals surface area (Å²) in [6.45, 7) is 2.60. The number of nitrogens with one attached hydrogen (secondary N) is 3. The molecule has 8 heteroatoms. The second-order valence-electron chi connectivity index (χ2n) is 6.96. The SMILES string of the molecule is O=C1NCC[C@H]1C[C@H](NC(=O)[C@@H]1CN(c2ccccc2)CCN1)C(=O)CCl. The summed E-state index contributed by atoms with van der Waals surface area (Å²) in [5, 5.41) is 8.78. The summed E-state index contributed by atoms with van der Waals surface area (Å²) in [6, 6.07) is 8.75. The highest BCUT2D eigenvalue weighted by Gasteiger charge is 2.33. The van der Waals surface area contributed by atoms with Crippen LogP contribution < -0.4 is 20.9 Å². The van der Waals surface area contributed by atoms with Crippen LogP contribution in [-0.2, 0) is 14.4 Å². The summed E-state index contributed by atoms with van der Waals surface area (Å²) < 4.78 is 0. The fraction of sp³-hybridized carbons (Fsp3) is 0.526. The third kappa shape index (κ3) is 4.99. The van der Waals surface area contributed by atoms with Crippen LogP contribution in [0.5, 0.6) is 0 Å². The average molecular weight is 393 g/mol. The van der Waals surface area contributed by atoms with Crippen molar-refractivity contribution in [1.29, 1.82) is 0 Å². The van der Waals surface area contributed by atoms with Gasteiger partial charge in [0.15, 0.2) is 5.78 Å². The minimum absolute atomic E-state index is 0.0670. The maximum absolute atomic E-state index is 12.8. The molecule has 0 radical (unpaired) electrons. The molecule has 1 aromatic rings. The van der Waals surface area contributed by atoms with Crippen molar-refractivity contribution in [3.63, 3.8) is 0 Å². The van der Waals surface area contributed by atoms with Gasteiger partial charge in [-0.15, -0.1) is 11.6 Å². The molecule has 3 rings (SSSR count). The number of piperazine rings is 1. The first-order chi connectivity index (χ1) is 13.1. The molecule has 3 N–H and O–H groups in total. The van der Waals surface area contributed by atoms with Crippen LogP contribution in [0.4, 0.5) is 5.69 Å². The number of hydrogen-bond acceptors (Lipinski definition) is 5. The van der Waals surface area contributed by atoms with Gasteiger partial charge >= 0.3 is 0 Å². The highest BCUT2D eigenvalue weighted by molar-refractivity contribution is 6.28. The van der Waals surface area contributed by atoms with Gasteiger partial charge in [-0.2, -0.15) is 0 Å². The van der Waals surface area contributed by atoms with Crippen molar-refractivity contribution in [2.24, 2.45) is 5.92 Å². The number of benzene rings is 1. The number of hydrogen-bond donors (Lipinski definition) is 3. The first-order valence-electron chi connectivity index (χ1n) is 9.28. The van der Waals surface area contributed by atoms with Crippen molar-refractivity contribution in [3.8, 4) is 0 Å². The van der Waals surface area contributed by atoms with Crippen LogP contribution >= 0.6 is 11.6 Å². The highest BCUT2D eigenvalue weighted by Crippen LogP contribution is 2.18. The first kappa shape index (κ1) is 19.6. The van der Waals surface area contributed by atoms with E-state index < -0.39 is 12.1 Å². The molecule has 0 saturated carbocycles. The van der Waals surface area contributed by atoms with Gasteiger partial charge in [-0.3, -0.25) is 14.4 Å². The molecule has 2 aliphatic rings. The zero-order valence-corrected chi connectivity index (χ0v) is 15.9. The number of nitrogens with zero attached hydrogens (tertiary/aromatic N) is 1. The second-order valence-corrected chi connectivity index (χ2v) is 7.23.